The molecule has 0 aromatic carbocycles. The summed E-state index contributed by atoms with van der Waals surface area (Å²) >= 11 is 0. The Morgan fingerprint density at radius 2 is 2.22 bits per heavy atom. The summed E-state index contributed by atoms with van der Waals surface area (Å²) in [4.78, 5) is 10.8. The second-order valence-electron chi connectivity index (χ2n) is 5.29. The summed E-state index contributed by atoms with van der Waals surface area (Å²) in [6.07, 6.45) is 2.71. The molecule has 2 N–H and O–H groups in total. The van der Waals surface area contributed by atoms with Crippen LogP contribution in [-0.2, 0) is 0 Å². The molecule has 0 unspecified atom stereocenters. The number of rotatable bonds is 5. The summed E-state index contributed by atoms with van der Waals surface area (Å²) in [5.41, 5.74) is 6.16. The minimum atomic E-state index is -0.107. The molecule has 0 atom stereocenters. The lowest BCUT2D eigenvalue weighted by atomic mass is 9.80. The van der Waals surface area contributed by atoms with Crippen LogP contribution in [0, 0.1) is 5.92 Å². The van der Waals surface area contributed by atoms with Crippen LogP contribution >= 0.6 is 0 Å². The van der Waals surface area contributed by atoms with Crippen LogP contribution in [0.5, 0.6) is 5.88 Å². The number of aromatic nitrogens is 2. The maximum Gasteiger partial charge on any atom is 0.228 e. The molecule has 1 aromatic rings. The Morgan fingerprint density at radius 3 is 2.83 bits per heavy atom. The predicted molar refractivity (Wildman–Crippen MR) is 71.8 cm³/mol. The van der Waals surface area contributed by atoms with Gasteiger partial charge in [0.1, 0.15) is 0 Å². The fourth-order valence-corrected chi connectivity index (χ4v) is 1.94. The van der Waals surface area contributed by atoms with E-state index >= 15 is 0 Å². The van der Waals surface area contributed by atoms with Gasteiger partial charge in [0.05, 0.1) is 12.1 Å². The van der Waals surface area contributed by atoms with E-state index in [0.29, 0.717) is 24.4 Å². The monoisotopic (exact) mass is 250 g/mol. The topological polar surface area (TPSA) is 64.3 Å². The fraction of sp³-hybridized carbons (Fsp3) is 0.692. The number of hydrogen-bond donors (Lipinski definition) is 1. The smallest absolute Gasteiger partial charge is 0.228 e. The quantitative estimate of drug-likeness (QED) is 0.856. The van der Waals surface area contributed by atoms with Gasteiger partial charge in [-0.05, 0) is 12.3 Å². The van der Waals surface area contributed by atoms with Gasteiger partial charge in [0.25, 0.3) is 0 Å². The van der Waals surface area contributed by atoms with Crippen molar-refractivity contribution in [3.8, 4) is 5.88 Å². The van der Waals surface area contributed by atoms with Gasteiger partial charge < -0.3 is 15.4 Å². The zero-order chi connectivity index (χ0) is 13.2. The Hall–Kier alpha value is -1.36. The summed E-state index contributed by atoms with van der Waals surface area (Å²) < 4.78 is 5.50. The summed E-state index contributed by atoms with van der Waals surface area (Å²) in [6.45, 7) is 8.67. The first-order chi connectivity index (χ1) is 8.55. The normalized spacial score (nSPS) is 17.7. The third-order valence-corrected chi connectivity index (χ3v) is 3.47. The van der Waals surface area contributed by atoms with Gasteiger partial charge in [0.2, 0.25) is 11.8 Å². The minimum absolute atomic E-state index is 0.107. The molecule has 1 saturated heterocycles. The standard InChI is InChI=1S/C13H22N4O/c1-4-7-18-11-5-6-15-12(16-11)17-8-13(14,9-17)10(2)3/h5-6,10H,4,7-9,14H2,1-3H3. The lowest BCUT2D eigenvalue weighted by Crippen LogP contribution is -2.70. The van der Waals surface area contributed by atoms with Crippen LogP contribution in [-0.4, -0.2) is 35.2 Å². The molecule has 5 heteroatoms. The molecule has 1 fully saturated rings. The SMILES string of the molecule is CCCOc1ccnc(N2CC(N)(C(C)C)C2)n1. The molecular formula is C13H22N4O. The van der Waals surface area contributed by atoms with Crippen molar-refractivity contribution < 1.29 is 4.74 Å². The maximum atomic E-state index is 6.26. The van der Waals surface area contributed by atoms with Crippen molar-refractivity contribution in [1.29, 1.82) is 0 Å². The van der Waals surface area contributed by atoms with Gasteiger partial charge >= 0.3 is 0 Å². The number of nitrogens with zero attached hydrogens (tertiary/aromatic N) is 3. The van der Waals surface area contributed by atoms with E-state index in [-0.39, 0.29) is 5.54 Å². The summed E-state index contributed by atoms with van der Waals surface area (Å²) in [5.74, 6) is 1.82. The zero-order valence-corrected chi connectivity index (χ0v) is 11.4. The molecule has 18 heavy (non-hydrogen) atoms. The van der Waals surface area contributed by atoms with E-state index in [1.807, 2.05) is 0 Å². The van der Waals surface area contributed by atoms with Crippen LogP contribution in [0.15, 0.2) is 12.3 Å². The van der Waals surface area contributed by atoms with Gasteiger partial charge in [-0.15, -0.1) is 0 Å². The molecule has 2 heterocycles. The Labute approximate surface area is 108 Å². The number of anilines is 1. The van der Waals surface area contributed by atoms with Crippen molar-refractivity contribution in [2.24, 2.45) is 11.7 Å². The van der Waals surface area contributed by atoms with Crippen LogP contribution in [0.3, 0.4) is 0 Å². The molecule has 0 radical (unpaired) electrons. The molecule has 0 aliphatic carbocycles. The van der Waals surface area contributed by atoms with E-state index < -0.39 is 0 Å². The van der Waals surface area contributed by atoms with Crippen molar-refractivity contribution in [3.63, 3.8) is 0 Å². The van der Waals surface area contributed by atoms with Crippen molar-refractivity contribution in [2.75, 3.05) is 24.6 Å². The molecule has 1 aromatic heterocycles. The molecule has 0 saturated carbocycles. The molecule has 1 aliphatic rings. The van der Waals surface area contributed by atoms with E-state index in [1.54, 1.807) is 12.3 Å². The van der Waals surface area contributed by atoms with Gasteiger partial charge in [-0.3, -0.25) is 0 Å². The number of nitrogens with two attached hydrogens (primary N) is 1. The molecule has 5 nitrogen and oxygen atoms in total. The third kappa shape index (κ3) is 2.56. The molecule has 100 valence electrons. The van der Waals surface area contributed by atoms with Crippen LogP contribution in [0.1, 0.15) is 27.2 Å². The van der Waals surface area contributed by atoms with Gasteiger partial charge in [0.15, 0.2) is 0 Å². The maximum absolute atomic E-state index is 6.26. The van der Waals surface area contributed by atoms with E-state index in [4.69, 9.17) is 10.5 Å². The van der Waals surface area contributed by atoms with E-state index in [2.05, 4.69) is 35.6 Å². The van der Waals surface area contributed by atoms with Gasteiger partial charge in [0, 0.05) is 25.4 Å². The Kier molecular flexibility index (Phi) is 3.71. The van der Waals surface area contributed by atoms with E-state index in [0.717, 1.165) is 19.5 Å². The highest BCUT2D eigenvalue weighted by Gasteiger charge is 2.43. The van der Waals surface area contributed by atoms with Gasteiger partial charge in [-0.2, -0.15) is 4.98 Å². The summed E-state index contributed by atoms with van der Waals surface area (Å²) in [6, 6.07) is 1.79. The van der Waals surface area contributed by atoms with Gasteiger partial charge in [-0.25, -0.2) is 4.98 Å². The third-order valence-electron chi connectivity index (χ3n) is 3.47. The van der Waals surface area contributed by atoms with Crippen molar-refractivity contribution >= 4 is 5.95 Å². The summed E-state index contributed by atoms with van der Waals surface area (Å²) in [7, 11) is 0. The van der Waals surface area contributed by atoms with Crippen LogP contribution in [0.2, 0.25) is 0 Å². The second-order valence-corrected chi connectivity index (χ2v) is 5.29. The predicted octanol–water partition coefficient (Wildman–Crippen LogP) is 1.44. The molecule has 0 bridgehead atoms. The highest BCUT2D eigenvalue weighted by molar-refractivity contribution is 5.39. The van der Waals surface area contributed by atoms with E-state index in [9.17, 15) is 0 Å². The minimum Gasteiger partial charge on any atom is -0.478 e. The van der Waals surface area contributed by atoms with Crippen molar-refractivity contribution in [3.05, 3.63) is 12.3 Å². The van der Waals surface area contributed by atoms with Crippen molar-refractivity contribution in [2.45, 2.75) is 32.7 Å². The molecular weight excluding hydrogens is 228 g/mol. The lowest BCUT2D eigenvalue weighted by molar-refractivity contribution is 0.240. The first-order valence-corrected chi connectivity index (χ1v) is 6.55. The average molecular weight is 250 g/mol. The fourth-order valence-electron chi connectivity index (χ4n) is 1.94. The molecule has 0 amide bonds. The molecule has 1 aliphatic heterocycles. The average Bonchev–Trinajstić information content (AvgIpc) is 2.32. The van der Waals surface area contributed by atoms with Gasteiger partial charge in [-0.1, -0.05) is 20.8 Å². The largest absolute Gasteiger partial charge is 0.478 e. The van der Waals surface area contributed by atoms with Crippen LogP contribution in [0.4, 0.5) is 5.95 Å². The second kappa shape index (κ2) is 5.10. The highest BCUT2D eigenvalue weighted by Crippen LogP contribution is 2.29. The van der Waals surface area contributed by atoms with Crippen LogP contribution < -0.4 is 15.4 Å². The number of hydrogen-bond acceptors (Lipinski definition) is 5. The molecule has 0 spiro atoms. The Morgan fingerprint density at radius 1 is 1.50 bits per heavy atom. The zero-order valence-electron chi connectivity index (χ0n) is 11.4. The lowest BCUT2D eigenvalue weighted by Gasteiger charge is -2.50. The number of ether oxygens (including phenoxy) is 1. The Bertz CT molecular complexity index is 402. The Balaban J connectivity index is 1.99. The van der Waals surface area contributed by atoms with Crippen molar-refractivity contribution in [1.82, 2.24) is 9.97 Å². The molecule has 2 rings (SSSR count). The van der Waals surface area contributed by atoms with Crippen LogP contribution in [0.25, 0.3) is 0 Å². The van der Waals surface area contributed by atoms with E-state index in [1.165, 1.54) is 0 Å². The first-order valence-electron chi connectivity index (χ1n) is 6.55. The highest BCUT2D eigenvalue weighted by atomic mass is 16.5. The summed E-state index contributed by atoms with van der Waals surface area (Å²) in [5, 5.41) is 0. The first kappa shape index (κ1) is 13.1.